The fraction of sp³-hybridized carbons (Fsp3) is 0.346. The Morgan fingerprint density at radius 1 is 1.03 bits per heavy atom. The molecule has 30 heavy (non-hydrogen) atoms. The minimum Gasteiger partial charge on any atom is -0.454 e. The largest absolute Gasteiger partial charge is 0.454 e. The highest BCUT2D eigenvalue weighted by Gasteiger charge is 2.33. The molecule has 0 aliphatic heterocycles. The van der Waals surface area contributed by atoms with Crippen LogP contribution in [0.15, 0.2) is 54.6 Å². The molecule has 4 heteroatoms. The summed E-state index contributed by atoms with van der Waals surface area (Å²) >= 11 is 0. The third kappa shape index (κ3) is 4.00. The van der Waals surface area contributed by atoms with Crippen LogP contribution in [-0.4, -0.2) is 23.3 Å². The predicted octanol–water partition coefficient (Wildman–Crippen LogP) is 5.43. The number of ketones is 1. The summed E-state index contributed by atoms with van der Waals surface area (Å²) in [6.07, 6.45) is 2.71. The van der Waals surface area contributed by atoms with Crippen molar-refractivity contribution in [2.45, 2.75) is 40.0 Å². The summed E-state index contributed by atoms with van der Waals surface area (Å²) in [4.78, 5) is 30.5. The van der Waals surface area contributed by atoms with Crippen LogP contribution in [0.4, 0.5) is 0 Å². The summed E-state index contributed by atoms with van der Waals surface area (Å²) in [5.41, 5.74) is 4.03. The molecule has 1 aliphatic carbocycles. The van der Waals surface area contributed by atoms with Crippen LogP contribution in [0.25, 0.3) is 10.9 Å². The van der Waals surface area contributed by atoms with E-state index < -0.39 is 5.97 Å². The molecular formula is C26H27NO3. The van der Waals surface area contributed by atoms with E-state index >= 15 is 0 Å². The van der Waals surface area contributed by atoms with Gasteiger partial charge in [0.2, 0.25) is 0 Å². The molecule has 3 aromatic rings. The predicted molar refractivity (Wildman–Crippen MR) is 118 cm³/mol. The number of nitrogens with zero attached hydrogens (tertiary/aromatic N) is 1. The Morgan fingerprint density at radius 3 is 2.47 bits per heavy atom. The third-order valence-corrected chi connectivity index (χ3v) is 6.12. The highest BCUT2D eigenvalue weighted by atomic mass is 16.5. The molecule has 0 unspecified atom stereocenters. The van der Waals surface area contributed by atoms with Crippen molar-refractivity contribution in [3.63, 3.8) is 0 Å². The number of aryl methyl sites for hydroxylation is 1. The van der Waals surface area contributed by atoms with Gasteiger partial charge in [0.15, 0.2) is 12.4 Å². The normalized spacial score (nSPS) is 16.2. The van der Waals surface area contributed by atoms with Crippen LogP contribution in [-0.2, 0) is 17.6 Å². The fourth-order valence-corrected chi connectivity index (χ4v) is 4.27. The number of carbonyl (C=O) groups is 2. The van der Waals surface area contributed by atoms with Gasteiger partial charge >= 0.3 is 5.97 Å². The van der Waals surface area contributed by atoms with Crippen LogP contribution in [0.2, 0.25) is 0 Å². The van der Waals surface area contributed by atoms with E-state index in [1.165, 1.54) is 0 Å². The number of hydrogen-bond acceptors (Lipinski definition) is 4. The molecule has 4 nitrogen and oxygen atoms in total. The number of fused-ring (bicyclic) bond motifs is 2. The van der Waals surface area contributed by atoms with Crippen molar-refractivity contribution in [2.75, 3.05) is 6.61 Å². The molecule has 4 rings (SSSR count). The average Bonchev–Trinajstić information content (AvgIpc) is 2.75. The lowest BCUT2D eigenvalue weighted by Gasteiger charge is -2.35. The first kappa shape index (κ1) is 20.3. The zero-order valence-electron chi connectivity index (χ0n) is 17.8. The minimum atomic E-state index is -0.441. The number of aromatic nitrogens is 1. The Hall–Kier alpha value is -3.01. The van der Waals surface area contributed by atoms with Crippen molar-refractivity contribution in [3.05, 3.63) is 77.0 Å². The van der Waals surface area contributed by atoms with E-state index in [0.29, 0.717) is 17.0 Å². The van der Waals surface area contributed by atoms with Crippen LogP contribution >= 0.6 is 0 Å². The SMILES string of the molecule is CC(C)(C)[C@@H]1CCc2nc3ccccc3c(C(=O)OCC(=O)c3ccccc3)c2C1. The van der Waals surface area contributed by atoms with Gasteiger partial charge in [0, 0.05) is 16.6 Å². The number of hydrogen-bond donors (Lipinski definition) is 0. The Balaban J connectivity index is 1.68. The molecule has 1 aromatic heterocycles. The fourth-order valence-electron chi connectivity index (χ4n) is 4.27. The number of para-hydroxylation sites is 1. The van der Waals surface area contributed by atoms with Gasteiger partial charge in [0.05, 0.1) is 11.1 Å². The number of carbonyl (C=O) groups excluding carboxylic acids is 2. The van der Waals surface area contributed by atoms with Crippen molar-refractivity contribution in [2.24, 2.45) is 11.3 Å². The summed E-state index contributed by atoms with van der Waals surface area (Å²) < 4.78 is 5.52. The zero-order valence-corrected chi connectivity index (χ0v) is 17.8. The van der Waals surface area contributed by atoms with E-state index in [4.69, 9.17) is 9.72 Å². The molecule has 1 heterocycles. The molecule has 0 spiro atoms. The van der Waals surface area contributed by atoms with Gasteiger partial charge in [0.1, 0.15) is 0 Å². The molecule has 0 saturated carbocycles. The maximum absolute atomic E-state index is 13.2. The molecule has 0 radical (unpaired) electrons. The summed E-state index contributed by atoms with van der Waals surface area (Å²) in [6.45, 7) is 6.46. The van der Waals surface area contributed by atoms with Crippen LogP contribution in [0.1, 0.15) is 59.2 Å². The quantitative estimate of drug-likeness (QED) is 0.432. The lowest BCUT2D eigenvalue weighted by atomic mass is 9.70. The molecule has 1 aliphatic rings. The van der Waals surface area contributed by atoms with Gasteiger partial charge in [-0.15, -0.1) is 0 Å². The standard InChI is InChI=1S/C26H27NO3/c1-26(2,3)18-13-14-22-20(15-18)24(19-11-7-8-12-21(19)27-22)25(29)30-16-23(28)17-9-5-4-6-10-17/h4-12,18H,13-16H2,1-3H3/t18-/m1/s1. The maximum Gasteiger partial charge on any atom is 0.339 e. The van der Waals surface area contributed by atoms with Gasteiger partial charge in [0.25, 0.3) is 0 Å². The van der Waals surface area contributed by atoms with Crippen molar-refractivity contribution in [1.29, 1.82) is 0 Å². The van der Waals surface area contributed by atoms with E-state index in [2.05, 4.69) is 20.8 Å². The highest BCUT2D eigenvalue weighted by molar-refractivity contribution is 6.06. The van der Waals surface area contributed by atoms with Gasteiger partial charge in [-0.05, 0) is 42.2 Å². The first-order chi connectivity index (χ1) is 14.3. The Morgan fingerprint density at radius 2 is 1.73 bits per heavy atom. The monoisotopic (exact) mass is 401 g/mol. The molecule has 1 atom stereocenters. The molecule has 0 bridgehead atoms. The number of pyridine rings is 1. The summed E-state index contributed by atoms with van der Waals surface area (Å²) in [5, 5.41) is 0.794. The maximum atomic E-state index is 13.2. The van der Waals surface area contributed by atoms with Crippen LogP contribution in [0.3, 0.4) is 0 Å². The van der Waals surface area contributed by atoms with Gasteiger partial charge in [-0.25, -0.2) is 4.79 Å². The third-order valence-electron chi connectivity index (χ3n) is 6.12. The van der Waals surface area contributed by atoms with Crippen molar-refractivity contribution < 1.29 is 14.3 Å². The number of rotatable bonds is 4. The highest BCUT2D eigenvalue weighted by Crippen LogP contribution is 2.39. The average molecular weight is 402 g/mol. The minimum absolute atomic E-state index is 0.147. The summed E-state index contributed by atoms with van der Waals surface area (Å²) in [5.74, 6) is -0.182. The van der Waals surface area contributed by atoms with E-state index in [9.17, 15) is 9.59 Å². The van der Waals surface area contributed by atoms with E-state index in [1.54, 1.807) is 24.3 Å². The molecule has 154 valence electrons. The lowest BCUT2D eigenvalue weighted by Crippen LogP contribution is -2.29. The van der Waals surface area contributed by atoms with E-state index in [1.807, 2.05) is 30.3 Å². The molecule has 0 fully saturated rings. The van der Waals surface area contributed by atoms with Gasteiger partial charge in [-0.2, -0.15) is 0 Å². The van der Waals surface area contributed by atoms with Gasteiger partial charge < -0.3 is 4.74 Å². The molecular weight excluding hydrogens is 374 g/mol. The van der Waals surface area contributed by atoms with E-state index in [0.717, 1.165) is 41.4 Å². The second kappa shape index (κ2) is 8.02. The number of Topliss-reactive ketones (excluding diaryl/α,β-unsaturated/α-hetero) is 1. The Kier molecular flexibility index (Phi) is 5.42. The lowest BCUT2D eigenvalue weighted by molar-refractivity contribution is 0.0474. The Labute approximate surface area is 177 Å². The van der Waals surface area contributed by atoms with Crippen molar-refractivity contribution >= 4 is 22.7 Å². The van der Waals surface area contributed by atoms with Crippen LogP contribution in [0, 0.1) is 11.3 Å². The molecule has 0 amide bonds. The summed E-state index contributed by atoms with van der Waals surface area (Å²) in [7, 11) is 0. The zero-order chi connectivity index (χ0) is 21.3. The number of benzene rings is 2. The van der Waals surface area contributed by atoms with Crippen LogP contribution < -0.4 is 0 Å². The van der Waals surface area contributed by atoms with Crippen LogP contribution in [0.5, 0.6) is 0 Å². The smallest absolute Gasteiger partial charge is 0.339 e. The second-order valence-corrected chi connectivity index (χ2v) is 9.10. The van der Waals surface area contributed by atoms with Gasteiger partial charge in [-0.3, -0.25) is 9.78 Å². The number of esters is 1. The number of ether oxygens (including phenoxy) is 1. The summed E-state index contributed by atoms with van der Waals surface area (Å²) in [6, 6.07) is 16.6. The molecule has 0 N–H and O–H groups in total. The molecule has 0 saturated heterocycles. The Bertz CT molecular complexity index is 1100. The van der Waals surface area contributed by atoms with Crippen molar-refractivity contribution in [1.82, 2.24) is 4.98 Å². The van der Waals surface area contributed by atoms with Crippen molar-refractivity contribution in [3.8, 4) is 0 Å². The topological polar surface area (TPSA) is 56.3 Å². The van der Waals surface area contributed by atoms with E-state index in [-0.39, 0.29) is 17.8 Å². The van der Waals surface area contributed by atoms with Gasteiger partial charge in [-0.1, -0.05) is 69.3 Å². The second-order valence-electron chi connectivity index (χ2n) is 9.10. The first-order valence-electron chi connectivity index (χ1n) is 10.5. The molecule has 2 aromatic carbocycles. The first-order valence-corrected chi connectivity index (χ1v) is 10.5.